The number of fused-ring (bicyclic) bond motifs is 5. The number of ether oxygens (including phenoxy) is 1. The standard InChI is InChI=1S/C23H22F4N6O/c1-3-30-21-13(10-28)6-16-9-20(23(25,26)27)32-33(16)18-5-4-15(24)8-17(18)12(2)34-19-7-14(21)11-31-22(19)29/h4-5,7-12,28,30H,3,6H2,1-2H3,(H2,29,31)/b21-13-,28-10?/t12-/m1/s1. The molecule has 0 fully saturated rings. The summed E-state index contributed by atoms with van der Waals surface area (Å²) in [5.74, 6) is -0.269. The van der Waals surface area contributed by atoms with Gasteiger partial charge in [-0.15, -0.1) is 0 Å². The molecule has 0 saturated carbocycles. The summed E-state index contributed by atoms with van der Waals surface area (Å²) in [6.07, 6.45) is -2.99. The lowest BCUT2D eigenvalue weighted by atomic mass is 10.0. The van der Waals surface area contributed by atoms with E-state index in [-0.39, 0.29) is 34.9 Å². The molecule has 2 aromatic heterocycles. The zero-order chi connectivity index (χ0) is 24.6. The van der Waals surface area contributed by atoms with E-state index in [2.05, 4.69) is 15.4 Å². The number of anilines is 1. The first-order chi connectivity index (χ1) is 16.1. The summed E-state index contributed by atoms with van der Waals surface area (Å²) in [4.78, 5) is 4.18. The van der Waals surface area contributed by atoms with Crippen LogP contribution in [0.15, 0.2) is 42.1 Å². The molecule has 0 saturated heterocycles. The first-order valence-corrected chi connectivity index (χ1v) is 10.5. The van der Waals surface area contributed by atoms with Gasteiger partial charge in [0.05, 0.1) is 5.69 Å². The molecule has 1 atom stereocenters. The van der Waals surface area contributed by atoms with Crippen LogP contribution in [-0.2, 0) is 12.6 Å². The molecule has 0 radical (unpaired) electrons. The van der Waals surface area contributed by atoms with Gasteiger partial charge in [-0.2, -0.15) is 18.3 Å². The Kier molecular flexibility index (Phi) is 6.03. The third-order valence-electron chi connectivity index (χ3n) is 5.42. The van der Waals surface area contributed by atoms with E-state index in [0.717, 1.165) is 23.0 Å². The van der Waals surface area contributed by atoms with Crippen molar-refractivity contribution in [2.75, 3.05) is 12.3 Å². The third kappa shape index (κ3) is 4.33. The second kappa shape index (κ2) is 8.81. The van der Waals surface area contributed by atoms with Crippen molar-refractivity contribution in [3.05, 3.63) is 70.4 Å². The molecular weight excluding hydrogens is 452 g/mol. The van der Waals surface area contributed by atoms with Gasteiger partial charge >= 0.3 is 6.18 Å². The molecule has 2 bridgehead atoms. The molecular formula is C23H22F4N6O. The molecule has 0 spiro atoms. The molecule has 4 rings (SSSR count). The van der Waals surface area contributed by atoms with Crippen molar-refractivity contribution in [3.63, 3.8) is 0 Å². The quantitative estimate of drug-likeness (QED) is 0.378. The molecule has 0 unspecified atom stereocenters. The van der Waals surface area contributed by atoms with Crippen molar-refractivity contribution in [2.24, 2.45) is 0 Å². The molecule has 3 aromatic rings. The number of hydrogen-bond donors (Lipinski definition) is 3. The summed E-state index contributed by atoms with van der Waals surface area (Å²) in [6.45, 7) is 3.97. The zero-order valence-electron chi connectivity index (χ0n) is 18.4. The number of nitrogens with two attached hydrogens (primary N) is 1. The number of halogens is 4. The van der Waals surface area contributed by atoms with Crippen LogP contribution in [0.4, 0.5) is 23.4 Å². The highest BCUT2D eigenvalue weighted by atomic mass is 19.4. The van der Waals surface area contributed by atoms with Gasteiger partial charge in [0, 0.05) is 47.9 Å². The van der Waals surface area contributed by atoms with E-state index in [1.54, 1.807) is 13.0 Å². The van der Waals surface area contributed by atoms with E-state index < -0.39 is 23.8 Å². The van der Waals surface area contributed by atoms with Crippen LogP contribution in [0.2, 0.25) is 0 Å². The normalized spacial score (nSPS) is 18.1. The van der Waals surface area contributed by atoms with Crippen molar-refractivity contribution < 1.29 is 22.3 Å². The van der Waals surface area contributed by atoms with Crippen LogP contribution in [0, 0.1) is 11.2 Å². The predicted octanol–water partition coefficient (Wildman–Crippen LogP) is 4.67. The second-order valence-electron chi connectivity index (χ2n) is 7.75. The minimum atomic E-state index is -4.69. The molecule has 1 aromatic carbocycles. The van der Waals surface area contributed by atoms with Gasteiger partial charge in [0.15, 0.2) is 17.3 Å². The molecule has 1 aliphatic rings. The van der Waals surface area contributed by atoms with Gasteiger partial charge in [0.1, 0.15) is 11.9 Å². The predicted molar refractivity (Wildman–Crippen MR) is 119 cm³/mol. The van der Waals surface area contributed by atoms with Crippen molar-refractivity contribution in [3.8, 4) is 11.4 Å². The number of rotatable bonds is 3. The van der Waals surface area contributed by atoms with Crippen LogP contribution in [0.25, 0.3) is 11.4 Å². The molecule has 0 amide bonds. The summed E-state index contributed by atoms with van der Waals surface area (Å²) in [6, 6.07) is 6.26. The van der Waals surface area contributed by atoms with E-state index in [1.807, 2.05) is 6.92 Å². The maximum absolute atomic E-state index is 14.2. The average molecular weight is 474 g/mol. The first-order valence-electron chi connectivity index (χ1n) is 10.5. The Labute approximate surface area is 192 Å². The van der Waals surface area contributed by atoms with Crippen molar-refractivity contribution >= 4 is 17.7 Å². The monoisotopic (exact) mass is 474 g/mol. The minimum absolute atomic E-state index is 0.0549. The maximum atomic E-state index is 14.2. The smallest absolute Gasteiger partial charge is 0.435 e. The topological polar surface area (TPSA) is 102 Å². The van der Waals surface area contributed by atoms with Crippen LogP contribution in [-0.4, -0.2) is 27.5 Å². The highest BCUT2D eigenvalue weighted by Crippen LogP contribution is 2.35. The number of nitrogens with zero attached hydrogens (tertiary/aromatic N) is 3. The lowest BCUT2D eigenvalue weighted by Gasteiger charge is -2.23. The number of aromatic nitrogens is 3. The summed E-state index contributed by atoms with van der Waals surface area (Å²) in [5.41, 5.74) is 7.02. The van der Waals surface area contributed by atoms with E-state index in [9.17, 15) is 17.6 Å². The first kappa shape index (κ1) is 23.3. The number of allylic oxidation sites excluding steroid dienone is 1. The van der Waals surface area contributed by atoms with Gasteiger partial charge in [0.25, 0.3) is 0 Å². The minimum Gasteiger partial charge on any atom is -0.482 e. The molecule has 1 aliphatic heterocycles. The second-order valence-corrected chi connectivity index (χ2v) is 7.75. The van der Waals surface area contributed by atoms with Crippen LogP contribution in [0.1, 0.15) is 42.5 Å². The number of nitrogens with one attached hydrogen (secondary N) is 2. The molecule has 11 heteroatoms. The van der Waals surface area contributed by atoms with Gasteiger partial charge < -0.3 is 21.2 Å². The Morgan fingerprint density at radius 2 is 2.06 bits per heavy atom. The largest absolute Gasteiger partial charge is 0.482 e. The van der Waals surface area contributed by atoms with Gasteiger partial charge in [-0.3, -0.25) is 0 Å². The van der Waals surface area contributed by atoms with E-state index >= 15 is 0 Å². The zero-order valence-corrected chi connectivity index (χ0v) is 18.4. The fourth-order valence-corrected chi connectivity index (χ4v) is 3.86. The molecule has 4 N–H and O–H groups in total. The van der Waals surface area contributed by atoms with Crippen LogP contribution in [0.5, 0.6) is 5.75 Å². The number of pyridine rings is 1. The molecule has 3 heterocycles. The van der Waals surface area contributed by atoms with Crippen molar-refractivity contribution in [1.82, 2.24) is 20.1 Å². The summed E-state index contributed by atoms with van der Waals surface area (Å²) in [7, 11) is 0. The van der Waals surface area contributed by atoms with Gasteiger partial charge in [-0.25, -0.2) is 14.1 Å². The van der Waals surface area contributed by atoms with E-state index in [4.69, 9.17) is 15.9 Å². The van der Waals surface area contributed by atoms with Crippen LogP contribution in [0.3, 0.4) is 0 Å². The number of hydrogen-bond acceptors (Lipinski definition) is 6. The van der Waals surface area contributed by atoms with Crippen molar-refractivity contribution in [2.45, 2.75) is 32.5 Å². The Morgan fingerprint density at radius 3 is 2.74 bits per heavy atom. The molecule has 34 heavy (non-hydrogen) atoms. The third-order valence-corrected chi connectivity index (χ3v) is 5.42. The van der Waals surface area contributed by atoms with E-state index in [0.29, 0.717) is 23.4 Å². The maximum Gasteiger partial charge on any atom is 0.435 e. The van der Waals surface area contributed by atoms with E-state index in [1.165, 1.54) is 18.3 Å². The molecule has 178 valence electrons. The summed E-state index contributed by atoms with van der Waals surface area (Å²) >= 11 is 0. The van der Waals surface area contributed by atoms with Gasteiger partial charge in [-0.1, -0.05) is 0 Å². The Morgan fingerprint density at radius 1 is 1.29 bits per heavy atom. The number of nitrogen functional groups attached to an aromatic ring is 1. The Balaban J connectivity index is 2.05. The highest BCUT2D eigenvalue weighted by Gasteiger charge is 2.36. The lowest BCUT2D eigenvalue weighted by molar-refractivity contribution is -0.141. The number of alkyl halides is 3. The van der Waals surface area contributed by atoms with Crippen LogP contribution >= 0.6 is 0 Å². The molecule has 7 nitrogen and oxygen atoms in total. The fourth-order valence-electron chi connectivity index (χ4n) is 3.86. The average Bonchev–Trinajstić information content (AvgIpc) is 3.21. The SMILES string of the molecule is CCN/C1=C(\C=N)Cc2cc(C(F)(F)F)nn2-c2ccc(F)cc2[C@@H](C)Oc2cc1cnc2N. The lowest BCUT2D eigenvalue weighted by Crippen LogP contribution is -2.18. The van der Waals surface area contributed by atoms with Gasteiger partial charge in [0.2, 0.25) is 0 Å². The fraction of sp³-hybridized carbons (Fsp3) is 0.261. The Hall–Kier alpha value is -3.89. The van der Waals surface area contributed by atoms with Crippen LogP contribution < -0.4 is 15.8 Å². The summed E-state index contributed by atoms with van der Waals surface area (Å²) < 4.78 is 62.1. The van der Waals surface area contributed by atoms with Crippen molar-refractivity contribution in [1.29, 1.82) is 5.41 Å². The highest BCUT2D eigenvalue weighted by molar-refractivity contribution is 5.89. The summed E-state index contributed by atoms with van der Waals surface area (Å²) in [5, 5.41) is 14.9. The van der Waals surface area contributed by atoms with Gasteiger partial charge in [-0.05, 0) is 49.8 Å². The number of benzene rings is 1. The Bertz CT molecular complexity index is 1280. The molecule has 0 aliphatic carbocycles.